The quantitative estimate of drug-likeness (QED) is 0.818. The molecule has 27 heavy (non-hydrogen) atoms. The maximum Gasteiger partial charge on any atom is 0.277 e. The smallest absolute Gasteiger partial charge is 0.277 e. The second-order valence-corrected chi connectivity index (χ2v) is 7.43. The largest absolute Gasteiger partial charge is 0.497 e. The monoisotopic (exact) mass is 388 g/mol. The molecule has 6 heteroatoms. The molecule has 2 aromatic rings. The summed E-state index contributed by atoms with van der Waals surface area (Å²) in [5.74, 6) is 1.01. The minimum Gasteiger partial charge on any atom is -0.497 e. The third-order valence-corrected chi connectivity index (χ3v) is 5.28. The average Bonchev–Trinajstić information content (AvgIpc) is 2.69. The van der Waals surface area contributed by atoms with Crippen LogP contribution in [0.15, 0.2) is 48.5 Å². The molecule has 0 atom stereocenters. The van der Waals surface area contributed by atoms with E-state index < -0.39 is 0 Å². The fraction of sp³-hybridized carbons (Fsp3) is 0.381. The number of hydrogen-bond acceptors (Lipinski definition) is 3. The van der Waals surface area contributed by atoms with Crippen molar-refractivity contribution in [2.75, 3.05) is 51.8 Å². The second-order valence-electron chi connectivity index (χ2n) is 6.99. The maximum absolute atomic E-state index is 12.6. The van der Waals surface area contributed by atoms with Crippen LogP contribution in [0, 0.1) is 0 Å². The molecule has 1 N–H and O–H groups in total. The van der Waals surface area contributed by atoms with Crippen LogP contribution >= 0.6 is 11.6 Å². The lowest BCUT2D eigenvalue weighted by Gasteiger charge is -2.34. The first-order valence-electron chi connectivity index (χ1n) is 9.26. The fourth-order valence-electron chi connectivity index (χ4n) is 3.37. The molecule has 0 aliphatic carbocycles. The normalized spacial score (nSPS) is 14.9. The number of nitrogens with zero attached hydrogens (tertiary/aromatic N) is 2. The highest BCUT2D eigenvalue weighted by Gasteiger charge is 2.24. The summed E-state index contributed by atoms with van der Waals surface area (Å²) in [4.78, 5) is 18.1. The molecule has 1 saturated heterocycles. The van der Waals surface area contributed by atoms with Gasteiger partial charge in [-0.1, -0.05) is 29.8 Å². The number of nitrogens with one attached hydrogen (secondary N) is 1. The lowest BCUT2D eigenvalue weighted by Crippen LogP contribution is -3.15. The van der Waals surface area contributed by atoms with Crippen molar-refractivity contribution in [1.82, 2.24) is 4.90 Å². The van der Waals surface area contributed by atoms with E-state index in [9.17, 15) is 4.79 Å². The molecule has 3 rings (SSSR count). The molecule has 0 spiro atoms. The molecule has 0 radical (unpaired) electrons. The standard InChI is InChI=1S/C21H26ClN3O2/c1-23(15-17-6-8-20(27-2)9-7-17)21(26)16-24-10-12-25(13-11-24)19-5-3-4-18(22)14-19/h3-9,14H,10-13,15-16H2,1-2H3/p+1. The van der Waals surface area contributed by atoms with Crippen molar-refractivity contribution in [2.45, 2.75) is 6.54 Å². The molecule has 1 aliphatic rings. The molecule has 0 saturated carbocycles. The minimum atomic E-state index is 0.178. The number of rotatable bonds is 6. The number of carbonyl (C=O) groups excluding carboxylic acids is 1. The number of hydrogen-bond donors (Lipinski definition) is 1. The second kappa shape index (κ2) is 9.11. The van der Waals surface area contributed by atoms with Gasteiger partial charge in [0.15, 0.2) is 6.54 Å². The van der Waals surface area contributed by atoms with E-state index in [1.54, 1.807) is 12.0 Å². The number of amides is 1. The van der Waals surface area contributed by atoms with E-state index >= 15 is 0 Å². The van der Waals surface area contributed by atoms with Gasteiger partial charge in [0.1, 0.15) is 5.75 Å². The third-order valence-electron chi connectivity index (χ3n) is 5.05. The summed E-state index contributed by atoms with van der Waals surface area (Å²) < 4.78 is 5.17. The SMILES string of the molecule is COc1ccc(CN(C)C(=O)C[NH+]2CCN(c3cccc(Cl)c3)CC2)cc1. The number of benzene rings is 2. The summed E-state index contributed by atoms with van der Waals surface area (Å²) in [7, 11) is 3.52. The molecule has 2 aromatic carbocycles. The Labute approximate surface area is 166 Å². The molecule has 0 unspecified atom stereocenters. The maximum atomic E-state index is 12.6. The highest BCUT2D eigenvalue weighted by atomic mass is 35.5. The number of piperazine rings is 1. The van der Waals surface area contributed by atoms with E-state index in [1.165, 1.54) is 4.90 Å². The Morgan fingerprint density at radius 3 is 2.52 bits per heavy atom. The third kappa shape index (κ3) is 5.37. The highest BCUT2D eigenvalue weighted by Crippen LogP contribution is 2.19. The topological polar surface area (TPSA) is 37.2 Å². The summed E-state index contributed by atoms with van der Waals surface area (Å²) in [6.07, 6.45) is 0. The average molecular weight is 389 g/mol. The van der Waals surface area contributed by atoms with Crippen molar-refractivity contribution in [3.8, 4) is 5.75 Å². The van der Waals surface area contributed by atoms with Crippen LogP contribution in [0.5, 0.6) is 5.75 Å². The summed E-state index contributed by atoms with van der Waals surface area (Å²) >= 11 is 6.09. The van der Waals surface area contributed by atoms with Crippen molar-refractivity contribution in [3.63, 3.8) is 0 Å². The van der Waals surface area contributed by atoms with E-state index in [1.807, 2.05) is 49.5 Å². The number of halogens is 1. The van der Waals surface area contributed by atoms with Crippen molar-refractivity contribution in [1.29, 1.82) is 0 Å². The van der Waals surface area contributed by atoms with Crippen molar-refractivity contribution >= 4 is 23.2 Å². The molecule has 0 bridgehead atoms. The zero-order valence-corrected chi connectivity index (χ0v) is 16.7. The Kier molecular flexibility index (Phi) is 6.58. The van der Waals surface area contributed by atoms with E-state index in [4.69, 9.17) is 16.3 Å². The van der Waals surface area contributed by atoms with Gasteiger partial charge in [0, 0.05) is 24.3 Å². The zero-order valence-electron chi connectivity index (χ0n) is 16.0. The van der Waals surface area contributed by atoms with Crippen LogP contribution in [0.3, 0.4) is 0 Å². The first kappa shape index (κ1) is 19.5. The van der Waals surface area contributed by atoms with Gasteiger partial charge in [0.2, 0.25) is 0 Å². The highest BCUT2D eigenvalue weighted by molar-refractivity contribution is 6.30. The van der Waals surface area contributed by atoms with E-state index in [-0.39, 0.29) is 5.91 Å². The summed E-state index contributed by atoms with van der Waals surface area (Å²) in [5.41, 5.74) is 2.26. The molecule has 1 fully saturated rings. The van der Waals surface area contributed by atoms with Crippen LogP contribution in [0.4, 0.5) is 5.69 Å². The van der Waals surface area contributed by atoms with Crippen LogP contribution in [-0.4, -0.2) is 57.7 Å². The Hall–Kier alpha value is -2.24. The molecular formula is C21H27ClN3O2+. The lowest BCUT2D eigenvalue weighted by molar-refractivity contribution is -0.892. The number of likely N-dealkylation sites (N-methyl/N-ethyl adjacent to an activating group) is 1. The summed E-state index contributed by atoms with van der Waals surface area (Å²) in [6, 6.07) is 15.8. The Morgan fingerprint density at radius 1 is 1.19 bits per heavy atom. The lowest BCUT2D eigenvalue weighted by atomic mass is 10.2. The van der Waals surface area contributed by atoms with Gasteiger partial charge in [-0.05, 0) is 35.9 Å². The first-order valence-corrected chi connectivity index (χ1v) is 9.64. The predicted molar refractivity (Wildman–Crippen MR) is 109 cm³/mol. The van der Waals surface area contributed by atoms with Crippen molar-refractivity contribution < 1.29 is 14.4 Å². The Morgan fingerprint density at radius 2 is 1.89 bits per heavy atom. The predicted octanol–water partition coefficient (Wildman–Crippen LogP) is 1.71. The Balaban J connectivity index is 1.47. The van der Waals surface area contributed by atoms with Gasteiger partial charge in [-0.15, -0.1) is 0 Å². The van der Waals surface area contributed by atoms with Crippen LogP contribution in [-0.2, 0) is 11.3 Å². The molecule has 1 amide bonds. The van der Waals surface area contributed by atoms with E-state index in [0.717, 1.165) is 48.2 Å². The summed E-state index contributed by atoms with van der Waals surface area (Å²) in [5, 5.41) is 0.762. The van der Waals surface area contributed by atoms with Crippen LogP contribution in [0.1, 0.15) is 5.56 Å². The molecule has 1 heterocycles. The van der Waals surface area contributed by atoms with Crippen LogP contribution < -0.4 is 14.5 Å². The number of anilines is 1. The van der Waals surface area contributed by atoms with Gasteiger partial charge in [-0.25, -0.2) is 0 Å². The van der Waals surface area contributed by atoms with Gasteiger partial charge in [-0.2, -0.15) is 0 Å². The van der Waals surface area contributed by atoms with Crippen molar-refractivity contribution in [3.05, 3.63) is 59.1 Å². The van der Waals surface area contributed by atoms with Crippen LogP contribution in [0.2, 0.25) is 5.02 Å². The molecule has 5 nitrogen and oxygen atoms in total. The van der Waals surface area contributed by atoms with E-state index in [0.29, 0.717) is 13.1 Å². The Bertz CT molecular complexity index is 758. The van der Waals surface area contributed by atoms with Crippen LogP contribution in [0.25, 0.3) is 0 Å². The fourth-order valence-corrected chi connectivity index (χ4v) is 3.56. The van der Waals surface area contributed by atoms with Gasteiger partial charge in [-0.3, -0.25) is 4.79 Å². The number of ether oxygens (including phenoxy) is 1. The molecule has 144 valence electrons. The van der Waals surface area contributed by atoms with Gasteiger partial charge in [0.25, 0.3) is 5.91 Å². The first-order chi connectivity index (χ1) is 13.0. The zero-order chi connectivity index (χ0) is 19.2. The minimum absolute atomic E-state index is 0.178. The van der Waals surface area contributed by atoms with Gasteiger partial charge in [0.05, 0.1) is 33.3 Å². The number of carbonyl (C=O) groups is 1. The number of quaternary nitrogens is 1. The molecule has 0 aromatic heterocycles. The molecule has 1 aliphatic heterocycles. The summed E-state index contributed by atoms with van der Waals surface area (Å²) in [6.45, 7) is 4.93. The molecular weight excluding hydrogens is 362 g/mol. The van der Waals surface area contributed by atoms with Gasteiger partial charge < -0.3 is 19.4 Å². The van der Waals surface area contributed by atoms with Crippen molar-refractivity contribution in [2.24, 2.45) is 0 Å². The van der Waals surface area contributed by atoms with Gasteiger partial charge >= 0.3 is 0 Å². The van der Waals surface area contributed by atoms with E-state index in [2.05, 4.69) is 11.0 Å². The number of methoxy groups -OCH3 is 1.